The average Bonchev–Trinajstić information content (AvgIpc) is 3.06. The van der Waals surface area contributed by atoms with E-state index >= 15 is 0 Å². The molecule has 3 rings (SSSR count). The van der Waals surface area contributed by atoms with Crippen LogP contribution in [0.15, 0.2) is 22.6 Å². The molecule has 1 saturated heterocycles. The highest BCUT2D eigenvalue weighted by Crippen LogP contribution is 2.47. The number of carbonyl (C=O) groups excluding carboxylic acids is 2. The summed E-state index contributed by atoms with van der Waals surface area (Å²) in [4.78, 5) is 25.7. The fourth-order valence-corrected chi connectivity index (χ4v) is 3.01. The molecule has 0 bridgehead atoms. The first-order valence-electron chi connectivity index (χ1n) is 7.96. The molecule has 0 radical (unpaired) electrons. The predicted octanol–water partition coefficient (Wildman–Crippen LogP) is 2.15. The number of nitrogens with zero attached hydrogens (tertiary/aromatic N) is 1. The number of carbonyl (C=O) groups is 2. The Morgan fingerprint density at radius 2 is 2.27 bits per heavy atom. The third-order valence-electron chi connectivity index (χ3n) is 4.51. The monoisotopic (exact) mass is 302 g/mol. The Bertz CT molecular complexity index is 605. The van der Waals surface area contributed by atoms with Crippen molar-refractivity contribution in [3.8, 4) is 0 Å². The molecule has 2 aliphatic rings. The highest BCUT2D eigenvalue weighted by atomic mass is 16.3. The molecule has 3 atom stereocenters. The Morgan fingerprint density at radius 3 is 2.95 bits per heavy atom. The van der Waals surface area contributed by atoms with Crippen LogP contribution in [0.3, 0.4) is 0 Å². The van der Waals surface area contributed by atoms with Gasteiger partial charge in [0.25, 0.3) is 0 Å². The first kappa shape index (κ1) is 14.9. The van der Waals surface area contributed by atoms with Gasteiger partial charge in [0.15, 0.2) is 0 Å². The summed E-state index contributed by atoms with van der Waals surface area (Å²) in [5.74, 6) is 2.72. The van der Waals surface area contributed by atoms with E-state index in [1.807, 2.05) is 19.1 Å². The fourth-order valence-electron chi connectivity index (χ4n) is 3.01. The van der Waals surface area contributed by atoms with Gasteiger partial charge < -0.3 is 14.6 Å². The molecule has 5 heteroatoms. The normalized spacial score (nSPS) is 28.0. The van der Waals surface area contributed by atoms with E-state index in [2.05, 4.69) is 12.2 Å². The summed E-state index contributed by atoms with van der Waals surface area (Å²) >= 11 is 0. The third kappa shape index (κ3) is 2.93. The highest BCUT2D eigenvalue weighted by molar-refractivity contribution is 5.96. The van der Waals surface area contributed by atoms with Crippen LogP contribution in [-0.4, -0.2) is 35.8 Å². The maximum Gasteiger partial charge on any atom is 0.247 e. The molecule has 1 N–H and O–H groups in total. The maximum atomic E-state index is 12.3. The van der Waals surface area contributed by atoms with Crippen LogP contribution in [0, 0.1) is 5.92 Å². The summed E-state index contributed by atoms with van der Waals surface area (Å²) in [7, 11) is 0. The van der Waals surface area contributed by atoms with E-state index in [4.69, 9.17) is 4.42 Å². The Hall–Kier alpha value is -2.04. The zero-order valence-corrected chi connectivity index (χ0v) is 13.0. The lowest BCUT2D eigenvalue weighted by Gasteiger charge is -2.33. The van der Waals surface area contributed by atoms with Crippen LogP contribution >= 0.6 is 0 Å². The van der Waals surface area contributed by atoms with E-state index in [0.29, 0.717) is 37.1 Å². The van der Waals surface area contributed by atoms with Gasteiger partial charge >= 0.3 is 0 Å². The highest BCUT2D eigenvalue weighted by Gasteiger charge is 2.36. The van der Waals surface area contributed by atoms with Gasteiger partial charge in [-0.15, -0.1) is 0 Å². The van der Waals surface area contributed by atoms with Gasteiger partial charge in [-0.25, -0.2) is 0 Å². The Morgan fingerprint density at radius 1 is 1.50 bits per heavy atom. The van der Waals surface area contributed by atoms with Gasteiger partial charge in [-0.3, -0.25) is 9.59 Å². The van der Waals surface area contributed by atoms with Gasteiger partial charge in [-0.05, 0) is 37.0 Å². The van der Waals surface area contributed by atoms with Crippen LogP contribution in [0.4, 0.5) is 0 Å². The van der Waals surface area contributed by atoms with Gasteiger partial charge in [0.2, 0.25) is 11.8 Å². The predicted molar refractivity (Wildman–Crippen MR) is 83.1 cm³/mol. The number of rotatable bonds is 4. The minimum absolute atomic E-state index is 0.0708. The zero-order chi connectivity index (χ0) is 15.7. The average molecular weight is 302 g/mol. The van der Waals surface area contributed by atoms with Gasteiger partial charge in [0, 0.05) is 25.1 Å². The van der Waals surface area contributed by atoms with Crippen molar-refractivity contribution in [2.75, 3.05) is 13.1 Å². The van der Waals surface area contributed by atoms with Crippen molar-refractivity contribution in [1.82, 2.24) is 10.2 Å². The number of furan rings is 1. The smallest absolute Gasteiger partial charge is 0.247 e. The van der Waals surface area contributed by atoms with E-state index in [0.717, 1.165) is 5.76 Å². The number of amides is 2. The molecule has 0 spiro atoms. The lowest BCUT2D eigenvalue weighted by molar-refractivity contribution is -0.140. The number of nitrogens with one attached hydrogen (secondary N) is 1. The van der Waals surface area contributed by atoms with Crippen LogP contribution in [0.2, 0.25) is 0 Å². The molecular weight excluding hydrogens is 280 g/mol. The summed E-state index contributed by atoms with van der Waals surface area (Å²) < 4.78 is 5.75. The summed E-state index contributed by atoms with van der Waals surface area (Å²) in [6.07, 6.45) is 4.99. The third-order valence-corrected chi connectivity index (χ3v) is 4.51. The summed E-state index contributed by atoms with van der Waals surface area (Å²) in [5, 5.41) is 2.79. The molecule has 118 valence electrons. The summed E-state index contributed by atoms with van der Waals surface area (Å²) in [6.45, 7) is 5.18. The summed E-state index contributed by atoms with van der Waals surface area (Å²) in [6, 6.07) is 3.51. The summed E-state index contributed by atoms with van der Waals surface area (Å²) in [5.41, 5.74) is 0. The Kier molecular flexibility index (Phi) is 4.05. The zero-order valence-electron chi connectivity index (χ0n) is 13.0. The second-order valence-electron chi connectivity index (χ2n) is 6.14. The molecule has 2 fully saturated rings. The van der Waals surface area contributed by atoms with Crippen molar-refractivity contribution in [2.24, 2.45) is 5.92 Å². The molecule has 1 aromatic rings. The van der Waals surface area contributed by atoms with Crippen molar-refractivity contribution in [2.45, 2.75) is 38.6 Å². The molecule has 0 aromatic carbocycles. The molecular formula is C17H22N2O3. The first-order chi connectivity index (χ1) is 10.6. The lowest BCUT2D eigenvalue weighted by atomic mass is 10.1. The van der Waals surface area contributed by atoms with Crippen LogP contribution in [0.5, 0.6) is 0 Å². The number of piperazine rings is 1. The van der Waals surface area contributed by atoms with E-state index in [-0.39, 0.29) is 17.9 Å². The van der Waals surface area contributed by atoms with Crippen LogP contribution < -0.4 is 5.32 Å². The minimum Gasteiger partial charge on any atom is -0.461 e. The van der Waals surface area contributed by atoms with Crippen molar-refractivity contribution in [1.29, 1.82) is 0 Å². The number of hydrogen-bond acceptors (Lipinski definition) is 3. The van der Waals surface area contributed by atoms with Crippen LogP contribution in [0.1, 0.15) is 44.1 Å². The SMILES string of the molecule is CCC1C(=O)NCCN1C(=O)C=Cc1ccc(C2CC2C)o1. The number of hydrogen-bond donors (Lipinski definition) is 1. The molecule has 1 aliphatic heterocycles. The van der Waals surface area contributed by atoms with Gasteiger partial charge in [-0.2, -0.15) is 0 Å². The maximum absolute atomic E-state index is 12.3. The Balaban J connectivity index is 1.65. The van der Waals surface area contributed by atoms with Crippen molar-refractivity contribution in [3.05, 3.63) is 29.7 Å². The topological polar surface area (TPSA) is 62.6 Å². The standard InChI is InChI=1S/C17H22N2O3/c1-3-14-17(21)18-8-9-19(14)16(20)7-5-12-4-6-15(22-12)13-10-11(13)2/h4-7,11,13-14H,3,8-10H2,1-2H3,(H,18,21). The van der Waals surface area contributed by atoms with Crippen LogP contribution in [0.25, 0.3) is 6.08 Å². The van der Waals surface area contributed by atoms with Gasteiger partial charge in [-0.1, -0.05) is 13.8 Å². The van der Waals surface area contributed by atoms with Crippen LogP contribution in [-0.2, 0) is 9.59 Å². The second kappa shape index (κ2) is 5.99. The van der Waals surface area contributed by atoms with Gasteiger partial charge in [0.05, 0.1) is 0 Å². The molecule has 2 heterocycles. The largest absolute Gasteiger partial charge is 0.461 e. The lowest BCUT2D eigenvalue weighted by Crippen LogP contribution is -2.56. The fraction of sp³-hybridized carbons (Fsp3) is 0.529. The molecule has 1 aliphatic carbocycles. The first-order valence-corrected chi connectivity index (χ1v) is 7.96. The molecule has 3 unspecified atom stereocenters. The molecule has 1 saturated carbocycles. The molecule has 2 amide bonds. The van der Waals surface area contributed by atoms with E-state index in [1.54, 1.807) is 11.0 Å². The van der Waals surface area contributed by atoms with Crippen molar-refractivity contribution >= 4 is 17.9 Å². The minimum atomic E-state index is -0.370. The van der Waals surface area contributed by atoms with E-state index in [9.17, 15) is 9.59 Å². The van der Waals surface area contributed by atoms with Gasteiger partial charge in [0.1, 0.15) is 17.6 Å². The molecule has 1 aromatic heterocycles. The van der Waals surface area contributed by atoms with Crippen molar-refractivity contribution in [3.63, 3.8) is 0 Å². The molecule has 5 nitrogen and oxygen atoms in total. The Labute approximate surface area is 130 Å². The van der Waals surface area contributed by atoms with E-state index < -0.39 is 0 Å². The van der Waals surface area contributed by atoms with E-state index in [1.165, 1.54) is 12.5 Å². The van der Waals surface area contributed by atoms with Crippen molar-refractivity contribution < 1.29 is 14.0 Å². The second-order valence-corrected chi connectivity index (χ2v) is 6.14. The molecule has 22 heavy (non-hydrogen) atoms. The quantitative estimate of drug-likeness (QED) is 0.867.